The Balaban J connectivity index is 0.000000345. The topological polar surface area (TPSA) is 113 Å². The summed E-state index contributed by atoms with van der Waals surface area (Å²) in [6.45, 7) is 0. The lowest BCUT2D eigenvalue weighted by Crippen LogP contribution is -2.03. The van der Waals surface area contributed by atoms with Gasteiger partial charge in [-0.2, -0.15) is 0 Å². The maximum atomic E-state index is 9.43. The zero-order valence-corrected chi connectivity index (χ0v) is 17.3. The second-order valence-corrected chi connectivity index (χ2v) is 7.15. The number of nitrogens with zero attached hydrogens (tertiary/aromatic N) is 1. The van der Waals surface area contributed by atoms with Gasteiger partial charge in [-0.3, -0.25) is 9.59 Å². The second kappa shape index (κ2) is 9.88. The van der Waals surface area contributed by atoms with E-state index in [-0.39, 0.29) is 0 Å². The van der Waals surface area contributed by atoms with Crippen LogP contribution in [0.3, 0.4) is 0 Å². The van der Waals surface area contributed by atoms with E-state index >= 15 is 0 Å². The molecule has 2 aromatic carbocycles. The maximum Gasteiger partial charge on any atom is 0.314 e. The van der Waals surface area contributed by atoms with Crippen molar-refractivity contribution in [2.75, 3.05) is 6.26 Å². The summed E-state index contributed by atoms with van der Waals surface area (Å²) < 4.78 is 5.76. The maximum absolute atomic E-state index is 9.43. The quantitative estimate of drug-likeness (QED) is 0.334. The van der Waals surface area contributed by atoms with Crippen LogP contribution in [0.2, 0.25) is 15.1 Å². The fourth-order valence-electron chi connectivity index (χ4n) is 1.97. The minimum absolute atomic E-state index is 0.349. The first-order valence-electron chi connectivity index (χ1n) is 7.50. The van der Waals surface area contributed by atoms with E-state index in [2.05, 4.69) is 9.97 Å². The van der Waals surface area contributed by atoms with Gasteiger partial charge in [0.1, 0.15) is 22.9 Å². The summed E-state index contributed by atoms with van der Waals surface area (Å²) in [5, 5.41) is 17.5. The molecule has 0 spiro atoms. The number of hydrogen-bond acceptors (Lipinski definition) is 5. The predicted molar refractivity (Wildman–Crippen MR) is 109 cm³/mol. The van der Waals surface area contributed by atoms with Crippen molar-refractivity contribution in [2.24, 2.45) is 0 Å². The van der Waals surface area contributed by atoms with Gasteiger partial charge in [0.15, 0.2) is 5.16 Å². The van der Waals surface area contributed by atoms with Gasteiger partial charge in [0.2, 0.25) is 0 Å². The molecule has 0 saturated carbocycles. The van der Waals surface area contributed by atoms with Gasteiger partial charge < -0.3 is 19.9 Å². The van der Waals surface area contributed by atoms with E-state index in [0.717, 1.165) is 16.2 Å². The van der Waals surface area contributed by atoms with Gasteiger partial charge in [-0.1, -0.05) is 52.6 Å². The Hall–Kier alpha value is -2.13. The molecule has 3 aromatic rings. The van der Waals surface area contributed by atoms with Crippen molar-refractivity contribution in [3.05, 3.63) is 45.4 Å². The summed E-state index contributed by atoms with van der Waals surface area (Å²) >= 11 is 19.9. The number of halogens is 3. The average molecular weight is 464 g/mol. The third kappa shape index (κ3) is 5.93. The van der Waals surface area contributed by atoms with E-state index in [4.69, 9.17) is 49.8 Å². The largest absolute Gasteiger partial charge is 0.481 e. The van der Waals surface area contributed by atoms with Crippen LogP contribution < -0.4 is 4.74 Å². The van der Waals surface area contributed by atoms with Crippen molar-refractivity contribution in [3.63, 3.8) is 0 Å². The van der Waals surface area contributed by atoms with Crippen LogP contribution in [0, 0.1) is 0 Å². The highest BCUT2D eigenvalue weighted by molar-refractivity contribution is 7.98. The molecule has 0 atom stereocenters. The van der Waals surface area contributed by atoms with Crippen molar-refractivity contribution in [1.29, 1.82) is 0 Å². The summed E-state index contributed by atoms with van der Waals surface area (Å²) in [5.41, 5.74) is 1.63. The van der Waals surface area contributed by atoms with Gasteiger partial charge in [-0.15, -0.1) is 0 Å². The normalized spacial score (nSPS) is 10.3. The number of carboxylic acid groups (broad SMARTS) is 2. The van der Waals surface area contributed by atoms with E-state index in [1.54, 1.807) is 30.3 Å². The molecule has 7 nitrogen and oxygen atoms in total. The molecule has 0 fully saturated rings. The molecule has 148 valence electrons. The van der Waals surface area contributed by atoms with E-state index in [1.165, 1.54) is 11.8 Å². The summed E-state index contributed by atoms with van der Waals surface area (Å²) in [6.07, 6.45) is 1.14. The number of aromatic nitrogens is 2. The van der Waals surface area contributed by atoms with E-state index in [9.17, 15) is 9.59 Å². The summed E-state index contributed by atoms with van der Waals surface area (Å²) in [5.74, 6) is -1.70. The number of ether oxygens (including phenoxy) is 1. The zero-order chi connectivity index (χ0) is 20.8. The Morgan fingerprint density at radius 3 is 2.36 bits per heavy atom. The molecule has 0 aliphatic heterocycles. The van der Waals surface area contributed by atoms with E-state index < -0.39 is 18.4 Å². The minimum atomic E-state index is -1.31. The number of imidazole rings is 1. The Labute approximate surface area is 178 Å². The van der Waals surface area contributed by atoms with Crippen LogP contribution >= 0.6 is 46.6 Å². The third-order valence-corrected chi connectivity index (χ3v) is 4.82. The first-order valence-corrected chi connectivity index (χ1v) is 9.85. The number of H-pyrrole nitrogens is 1. The van der Waals surface area contributed by atoms with Crippen LogP contribution in [-0.2, 0) is 9.59 Å². The fourth-order valence-corrected chi connectivity index (χ4v) is 2.91. The van der Waals surface area contributed by atoms with Crippen molar-refractivity contribution in [3.8, 4) is 11.5 Å². The molecule has 0 unspecified atom stereocenters. The Bertz CT molecular complexity index is 1010. The number of fused-ring (bicyclic) bond motifs is 1. The average Bonchev–Trinajstić information content (AvgIpc) is 3.00. The molecule has 0 aliphatic carbocycles. The molecular formula is C17H13Cl3N2O5S. The summed E-state index contributed by atoms with van der Waals surface area (Å²) in [6, 6.07) is 8.73. The van der Waals surface area contributed by atoms with Gasteiger partial charge in [-0.25, -0.2) is 4.98 Å². The molecule has 28 heavy (non-hydrogen) atoms. The number of thioether (sulfide) groups is 1. The number of nitrogens with one attached hydrogen (secondary N) is 1. The van der Waals surface area contributed by atoms with Crippen LogP contribution in [0.4, 0.5) is 0 Å². The molecule has 1 aromatic heterocycles. The number of benzene rings is 2. The SMILES string of the molecule is CSc1nc2cc(Oc3cccc(Cl)c3Cl)c(Cl)cc2[nH]1.O=C(O)CC(=O)O. The smallest absolute Gasteiger partial charge is 0.314 e. The number of carboxylic acids is 2. The zero-order valence-electron chi connectivity index (χ0n) is 14.2. The molecular weight excluding hydrogens is 451 g/mol. The molecule has 3 rings (SSSR count). The number of hydrogen-bond donors (Lipinski definition) is 3. The molecule has 0 aliphatic rings. The number of aromatic amines is 1. The third-order valence-electron chi connectivity index (χ3n) is 3.15. The molecule has 0 bridgehead atoms. The van der Waals surface area contributed by atoms with E-state index in [0.29, 0.717) is 26.6 Å². The highest BCUT2D eigenvalue weighted by atomic mass is 35.5. The predicted octanol–water partition coefficient (Wildman–Crippen LogP) is 5.58. The van der Waals surface area contributed by atoms with Crippen molar-refractivity contribution in [1.82, 2.24) is 9.97 Å². The first-order chi connectivity index (χ1) is 13.2. The highest BCUT2D eigenvalue weighted by Crippen LogP contribution is 2.38. The molecule has 0 saturated heterocycles. The highest BCUT2D eigenvalue weighted by Gasteiger charge is 2.12. The summed E-state index contributed by atoms with van der Waals surface area (Å²) in [4.78, 5) is 26.4. The standard InChI is InChI=1S/C14H9Cl3N2OS.C3H4O4/c1-21-14-18-9-5-8(16)12(6-10(9)19-14)20-11-4-2-3-7(15)13(11)17;4-2(5)1-3(6)7/h2-6H,1H3,(H,18,19);1H2,(H,4,5)(H,6,7). The van der Waals surface area contributed by atoms with Crippen LogP contribution in [0.15, 0.2) is 35.5 Å². The monoisotopic (exact) mass is 462 g/mol. The van der Waals surface area contributed by atoms with Crippen LogP contribution in [0.25, 0.3) is 11.0 Å². The van der Waals surface area contributed by atoms with Crippen LogP contribution in [0.1, 0.15) is 6.42 Å². The van der Waals surface area contributed by atoms with Crippen molar-refractivity contribution in [2.45, 2.75) is 11.6 Å². The number of carbonyl (C=O) groups is 2. The second-order valence-electron chi connectivity index (χ2n) is 5.16. The van der Waals surface area contributed by atoms with Gasteiger partial charge in [0.05, 0.1) is 21.1 Å². The van der Waals surface area contributed by atoms with Crippen LogP contribution in [0.5, 0.6) is 11.5 Å². The van der Waals surface area contributed by atoms with Gasteiger partial charge >= 0.3 is 11.9 Å². The molecule has 3 N–H and O–H groups in total. The number of aliphatic carboxylic acids is 2. The number of rotatable bonds is 5. The van der Waals surface area contributed by atoms with Crippen LogP contribution in [-0.4, -0.2) is 38.4 Å². The van der Waals surface area contributed by atoms with Crippen molar-refractivity contribution >= 4 is 69.5 Å². The van der Waals surface area contributed by atoms with Gasteiger partial charge in [-0.05, 0) is 24.5 Å². The lowest BCUT2D eigenvalue weighted by Gasteiger charge is -2.09. The fraction of sp³-hybridized carbons (Fsp3) is 0.118. The Morgan fingerprint density at radius 1 is 1.11 bits per heavy atom. The van der Waals surface area contributed by atoms with Gasteiger partial charge in [0, 0.05) is 6.07 Å². The molecule has 11 heteroatoms. The van der Waals surface area contributed by atoms with Crippen molar-refractivity contribution < 1.29 is 24.5 Å². The van der Waals surface area contributed by atoms with Gasteiger partial charge in [0.25, 0.3) is 0 Å². The lowest BCUT2D eigenvalue weighted by molar-refractivity contribution is -0.147. The minimum Gasteiger partial charge on any atom is -0.481 e. The summed E-state index contributed by atoms with van der Waals surface area (Å²) in [7, 11) is 0. The lowest BCUT2D eigenvalue weighted by atomic mass is 10.3. The Kier molecular flexibility index (Phi) is 7.82. The molecule has 1 heterocycles. The molecule has 0 radical (unpaired) electrons. The van der Waals surface area contributed by atoms with E-state index in [1.807, 2.05) is 6.26 Å². The molecule has 0 amide bonds. The first kappa shape index (κ1) is 22.2. The Morgan fingerprint density at radius 2 is 1.79 bits per heavy atom.